The average molecular weight is 227 g/mol. The number of hydrogen-bond acceptors (Lipinski definition) is 3. The van der Waals surface area contributed by atoms with Crippen LogP contribution in [0.25, 0.3) is 10.9 Å². The van der Waals surface area contributed by atoms with Crippen LogP contribution in [0, 0.1) is 0 Å². The Morgan fingerprint density at radius 3 is 2.92 bits per heavy atom. The molecule has 12 heavy (non-hydrogen) atoms. The first-order valence-electron chi connectivity index (χ1n) is 3.42. The smallest absolute Gasteiger partial charge is 0.134 e. The highest BCUT2D eigenvalue weighted by Gasteiger charge is 2.06. The number of anilines is 1. The van der Waals surface area contributed by atoms with E-state index in [0.717, 1.165) is 15.4 Å². The van der Waals surface area contributed by atoms with E-state index in [2.05, 4.69) is 26.0 Å². The second kappa shape index (κ2) is 2.45. The molecular weight excluding hydrogens is 220 g/mol. The standard InChI is InChI=1S/C7H7BrN4/c1-12-6-4(2-11-12)7(9)10-3-5(6)8/h2-3H,1H3,(H2,9,10). The number of nitrogens with zero attached hydrogens (tertiary/aromatic N) is 3. The van der Waals surface area contributed by atoms with E-state index in [1.165, 1.54) is 0 Å². The molecule has 0 fully saturated rings. The predicted molar refractivity (Wildman–Crippen MR) is 50.6 cm³/mol. The Labute approximate surface area is 77.5 Å². The summed E-state index contributed by atoms with van der Waals surface area (Å²) < 4.78 is 2.67. The van der Waals surface area contributed by atoms with Crippen LogP contribution >= 0.6 is 15.9 Å². The average Bonchev–Trinajstić information content (AvgIpc) is 2.42. The van der Waals surface area contributed by atoms with E-state index in [4.69, 9.17) is 5.73 Å². The summed E-state index contributed by atoms with van der Waals surface area (Å²) in [4.78, 5) is 4.00. The molecule has 0 aliphatic heterocycles. The van der Waals surface area contributed by atoms with Crippen molar-refractivity contribution in [2.75, 3.05) is 5.73 Å². The lowest BCUT2D eigenvalue weighted by molar-refractivity contribution is 0.795. The molecule has 2 aromatic heterocycles. The van der Waals surface area contributed by atoms with Crippen molar-refractivity contribution in [3.8, 4) is 0 Å². The van der Waals surface area contributed by atoms with Crippen LogP contribution in [-0.2, 0) is 7.05 Å². The fourth-order valence-corrected chi connectivity index (χ4v) is 1.74. The highest BCUT2D eigenvalue weighted by molar-refractivity contribution is 9.10. The monoisotopic (exact) mass is 226 g/mol. The molecule has 0 saturated carbocycles. The summed E-state index contributed by atoms with van der Waals surface area (Å²) >= 11 is 3.38. The number of fused-ring (bicyclic) bond motifs is 1. The first-order chi connectivity index (χ1) is 5.70. The zero-order valence-electron chi connectivity index (χ0n) is 6.45. The minimum Gasteiger partial charge on any atom is -0.383 e. The van der Waals surface area contributed by atoms with Crippen LogP contribution in [0.5, 0.6) is 0 Å². The molecule has 2 heterocycles. The Hall–Kier alpha value is -1.10. The SMILES string of the molecule is Cn1ncc2c(N)ncc(Br)c21. The van der Waals surface area contributed by atoms with Gasteiger partial charge in [0.1, 0.15) is 5.82 Å². The molecule has 5 heteroatoms. The number of rotatable bonds is 0. The van der Waals surface area contributed by atoms with Gasteiger partial charge in [-0.25, -0.2) is 4.98 Å². The third-order valence-corrected chi connectivity index (χ3v) is 2.34. The molecule has 0 bridgehead atoms. The fraction of sp³-hybridized carbons (Fsp3) is 0.143. The van der Waals surface area contributed by atoms with Crippen molar-refractivity contribution in [1.29, 1.82) is 0 Å². The number of aromatic nitrogens is 3. The topological polar surface area (TPSA) is 56.7 Å². The summed E-state index contributed by atoms with van der Waals surface area (Å²) in [6.45, 7) is 0. The molecule has 4 nitrogen and oxygen atoms in total. The van der Waals surface area contributed by atoms with Crippen LogP contribution in [-0.4, -0.2) is 14.8 Å². The third-order valence-electron chi connectivity index (χ3n) is 1.76. The molecule has 2 N–H and O–H groups in total. The Bertz CT molecular complexity index is 434. The van der Waals surface area contributed by atoms with E-state index in [-0.39, 0.29) is 0 Å². The normalized spacial score (nSPS) is 10.8. The molecule has 0 amide bonds. The van der Waals surface area contributed by atoms with E-state index in [1.807, 2.05) is 7.05 Å². The van der Waals surface area contributed by atoms with E-state index in [0.29, 0.717) is 5.82 Å². The highest BCUT2D eigenvalue weighted by atomic mass is 79.9. The van der Waals surface area contributed by atoms with E-state index in [9.17, 15) is 0 Å². The molecule has 0 aliphatic rings. The van der Waals surface area contributed by atoms with Gasteiger partial charge in [0.05, 0.1) is 21.6 Å². The number of pyridine rings is 1. The van der Waals surface area contributed by atoms with Gasteiger partial charge in [0.2, 0.25) is 0 Å². The second-order valence-electron chi connectivity index (χ2n) is 2.52. The quantitative estimate of drug-likeness (QED) is 0.738. The Balaban J connectivity index is 2.98. The van der Waals surface area contributed by atoms with Gasteiger partial charge in [-0.3, -0.25) is 4.68 Å². The number of nitrogens with two attached hydrogens (primary N) is 1. The molecule has 0 saturated heterocycles. The molecule has 0 atom stereocenters. The van der Waals surface area contributed by atoms with Crippen molar-refractivity contribution in [2.24, 2.45) is 7.05 Å². The zero-order valence-corrected chi connectivity index (χ0v) is 8.04. The van der Waals surface area contributed by atoms with Gasteiger partial charge < -0.3 is 5.73 Å². The van der Waals surface area contributed by atoms with Gasteiger partial charge in [0.25, 0.3) is 0 Å². The molecule has 62 valence electrons. The molecule has 2 aromatic rings. The summed E-state index contributed by atoms with van der Waals surface area (Å²) in [5.41, 5.74) is 6.63. The van der Waals surface area contributed by atoms with Crippen LogP contribution < -0.4 is 5.73 Å². The van der Waals surface area contributed by atoms with Crippen LogP contribution in [0.3, 0.4) is 0 Å². The maximum absolute atomic E-state index is 5.65. The van der Waals surface area contributed by atoms with E-state index in [1.54, 1.807) is 17.1 Å². The van der Waals surface area contributed by atoms with E-state index >= 15 is 0 Å². The Morgan fingerprint density at radius 1 is 1.50 bits per heavy atom. The molecule has 0 unspecified atom stereocenters. The summed E-state index contributed by atoms with van der Waals surface area (Å²) in [6.07, 6.45) is 3.39. The summed E-state index contributed by atoms with van der Waals surface area (Å²) in [5, 5.41) is 4.97. The summed E-state index contributed by atoms with van der Waals surface area (Å²) in [6, 6.07) is 0. The zero-order chi connectivity index (χ0) is 8.72. The van der Waals surface area contributed by atoms with Gasteiger partial charge in [-0.05, 0) is 15.9 Å². The Morgan fingerprint density at radius 2 is 2.25 bits per heavy atom. The highest BCUT2D eigenvalue weighted by Crippen LogP contribution is 2.25. The lowest BCUT2D eigenvalue weighted by Crippen LogP contribution is -1.93. The molecular formula is C7H7BrN4. The maximum Gasteiger partial charge on any atom is 0.134 e. The minimum atomic E-state index is 0.515. The third kappa shape index (κ3) is 0.896. The number of nitrogen functional groups attached to an aromatic ring is 1. The summed E-state index contributed by atoms with van der Waals surface area (Å²) in [7, 11) is 1.87. The van der Waals surface area contributed by atoms with Crippen LogP contribution in [0.1, 0.15) is 0 Å². The molecule has 0 aromatic carbocycles. The number of halogens is 1. The van der Waals surface area contributed by atoms with Gasteiger partial charge in [-0.1, -0.05) is 0 Å². The van der Waals surface area contributed by atoms with Crippen molar-refractivity contribution < 1.29 is 0 Å². The van der Waals surface area contributed by atoms with Gasteiger partial charge in [-0.2, -0.15) is 5.10 Å². The lowest BCUT2D eigenvalue weighted by atomic mass is 10.3. The van der Waals surface area contributed by atoms with Crippen LogP contribution in [0.2, 0.25) is 0 Å². The van der Waals surface area contributed by atoms with Gasteiger partial charge in [0, 0.05) is 13.2 Å². The molecule has 0 radical (unpaired) electrons. The van der Waals surface area contributed by atoms with Crippen LogP contribution in [0.15, 0.2) is 16.9 Å². The Kier molecular flexibility index (Phi) is 1.54. The molecule has 0 aliphatic carbocycles. The van der Waals surface area contributed by atoms with Gasteiger partial charge >= 0.3 is 0 Å². The molecule has 2 rings (SSSR count). The summed E-state index contributed by atoms with van der Waals surface area (Å²) in [5.74, 6) is 0.515. The maximum atomic E-state index is 5.65. The minimum absolute atomic E-state index is 0.515. The molecule has 0 spiro atoms. The largest absolute Gasteiger partial charge is 0.383 e. The van der Waals surface area contributed by atoms with Crippen LogP contribution in [0.4, 0.5) is 5.82 Å². The van der Waals surface area contributed by atoms with Crippen molar-refractivity contribution in [3.05, 3.63) is 16.9 Å². The first kappa shape index (κ1) is 7.54. The van der Waals surface area contributed by atoms with Crippen molar-refractivity contribution in [2.45, 2.75) is 0 Å². The number of aryl methyl sites for hydroxylation is 1. The predicted octanol–water partition coefficient (Wildman–Crippen LogP) is 1.31. The fourth-order valence-electron chi connectivity index (χ4n) is 1.17. The number of hydrogen-bond donors (Lipinski definition) is 1. The second-order valence-corrected chi connectivity index (χ2v) is 3.38. The lowest BCUT2D eigenvalue weighted by Gasteiger charge is -1.98. The van der Waals surface area contributed by atoms with E-state index < -0.39 is 0 Å². The van der Waals surface area contributed by atoms with Crippen molar-refractivity contribution in [1.82, 2.24) is 14.8 Å². The van der Waals surface area contributed by atoms with Crippen molar-refractivity contribution in [3.63, 3.8) is 0 Å². The van der Waals surface area contributed by atoms with Gasteiger partial charge in [0.15, 0.2) is 0 Å². The first-order valence-corrected chi connectivity index (χ1v) is 4.21. The van der Waals surface area contributed by atoms with Gasteiger partial charge in [-0.15, -0.1) is 0 Å². The van der Waals surface area contributed by atoms with Crippen molar-refractivity contribution >= 4 is 32.7 Å².